The molecule has 3 aromatic carbocycles. The van der Waals surface area contributed by atoms with Crippen molar-refractivity contribution in [2.45, 2.75) is 6.42 Å². The number of imide groups is 1. The van der Waals surface area contributed by atoms with Crippen LogP contribution in [0.1, 0.15) is 32.7 Å². The monoisotopic (exact) mass is 430 g/mol. The van der Waals surface area contributed by atoms with Crippen LogP contribution in [0.4, 0.5) is 11.4 Å². The normalized spacial score (nSPS) is 12.6. The van der Waals surface area contributed by atoms with Crippen molar-refractivity contribution in [3.63, 3.8) is 0 Å². The molecule has 0 spiro atoms. The molecule has 1 aliphatic rings. The highest BCUT2D eigenvalue weighted by molar-refractivity contribution is 6.38. The van der Waals surface area contributed by atoms with Crippen LogP contribution < -0.4 is 25.4 Å². The maximum absolute atomic E-state index is 13.8. The van der Waals surface area contributed by atoms with Crippen molar-refractivity contribution in [2.75, 3.05) is 37.5 Å². The molecule has 8 nitrogen and oxygen atoms in total. The Morgan fingerprint density at radius 1 is 1.06 bits per heavy atom. The molecule has 0 aliphatic carbocycles. The van der Waals surface area contributed by atoms with Gasteiger partial charge in [0, 0.05) is 23.2 Å². The lowest BCUT2D eigenvalue weighted by Crippen LogP contribution is -2.41. The van der Waals surface area contributed by atoms with Crippen molar-refractivity contribution in [1.29, 1.82) is 5.26 Å². The van der Waals surface area contributed by atoms with Crippen LogP contribution in [0.2, 0.25) is 0 Å². The topological polar surface area (TPSA) is 118 Å². The van der Waals surface area contributed by atoms with Crippen LogP contribution in [0.5, 0.6) is 11.5 Å². The van der Waals surface area contributed by atoms with Gasteiger partial charge in [-0.1, -0.05) is 18.2 Å². The quantitative estimate of drug-likeness (QED) is 0.436. The minimum atomic E-state index is -0.544. The van der Waals surface area contributed by atoms with Gasteiger partial charge in [0.05, 0.1) is 25.3 Å². The minimum Gasteiger partial charge on any atom is -0.493 e. The predicted octanol–water partition coefficient (Wildman–Crippen LogP) is 3.29. The number of nitriles is 1. The van der Waals surface area contributed by atoms with Crippen molar-refractivity contribution in [3.8, 4) is 17.6 Å². The van der Waals surface area contributed by atoms with E-state index in [-0.39, 0.29) is 17.0 Å². The van der Waals surface area contributed by atoms with E-state index in [4.69, 9.17) is 15.2 Å². The molecule has 0 unspecified atom stereocenters. The van der Waals surface area contributed by atoms with Gasteiger partial charge in [-0.3, -0.25) is 9.59 Å². The summed E-state index contributed by atoms with van der Waals surface area (Å²) in [5, 5.41) is 14.3. The average molecular weight is 430 g/mol. The maximum Gasteiger partial charge on any atom is 0.268 e. The summed E-state index contributed by atoms with van der Waals surface area (Å²) >= 11 is 0. The lowest BCUT2D eigenvalue weighted by Gasteiger charge is -2.30. The second kappa shape index (κ2) is 8.57. The fraction of sp³-hybridized carbons (Fsp3) is 0.208. The SMILES string of the molecule is COc1ccc(C#N)c(N2C(=O)c3cccc4ccc(NCCCN)c(c34)C2=O)c1OC. The molecule has 0 aromatic heterocycles. The van der Waals surface area contributed by atoms with Crippen LogP contribution in [0, 0.1) is 11.3 Å². The third kappa shape index (κ3) is 3.20. The van der Waals surface area contributed by atoms with Gasteiger partial charge in [-0.2, -0.15) is 5.26 Å². The van der Waals surface area contributed by atoms with Crippen LogP contribution in [-0.2, 0) is 0 Å². The number of benzene rings is 3. The van der Waals surface area contributed by atoms with Gasteiger partial charge in [0.25, 0.3) is 11.8 Å². The van der Waals surface area contributed by atoms with Crippen molar-refractivity contribution in [3.05, 3.63) is 59.2 Å². The van der Waals surface area contributed by atoms with Crippen molar-refractivity contribution >= 4 is 34.0 Å². The second-order valence-electron chi connectivity index (χ2n) is 7.22. The Labute approximate surface area is 185 Å². The Bertz CT molecular complexity index is 1280. The third-order valence-electron chi connectivity index (χ3n) is 5.46. The number of rotatable bonds is 7. The van der Waals surface area contributed by atoms with Gasteiger partial charge in [0.2, 0.25) is 0 Å². The largest absolute Gasteiger partial charge is 0.493 e. The van der Waals surface area contributed by atoms with Gasteiger partial charge in [-0.25, -0.2) is 4.90 Å². The number of hydrogen-bond acceptors (Lipinski definition) is 7. The predicted molar refractivity (Wildman–Crippen MR) is 122 cm³/mol. The van der Waals surface area contributed by atoms with Crippen LogP contribution in [0.3, 0.4) is 0 Å². The molecule has 1 aliphatic heterocycles. The number of anilines is 2. The van der Waals surface area contributed by atoms with Crippen molar-refractivity contribution < 1.29 is 19.1 Å². The van der Waals surface area contributed by atoms with E-state index in [0.717, 1.165) is 16.7 Å². The summed E-state index contributed by atoms with van der Waals surface area (Å²) in [4.78, 5) is 28.4. The number of nitrogens with one attached hydrogen (secondary N) is 1. The summed E-state index contributed by atoms with van der Waals surface area (Å²) in [6.45, 7) is 1.08. The molecule has 3 N–H and O–H groups in total. The first kappa shape index (κ1) is 21.2. The first-order valence-electron chi connectivity index (χ1n) is 10.1. The molecular formula is C24H22N4O4. The Kier molecular flexibility index (Phi) is 5.67. The fourth-order valence-corrected chi connectivity index (χ4v) is 4.00. The standard InChI is InChI=1S/C24H22N4O4/c1-31-18-10-8-15(13-26)21(22(18)32-2)28-23(29)16-6-3-5-14-7-9-17(27-12-4-11-25)20(19(14)16)24(28)30/h3,5-10,27H,4,11-12,25H2,1-2H3. The van der Waals surface area contributed by atoms with E-state index in [0.29, 0.717) is 41.0 Å². The van der Waals surface area contributed by atoms with Crippen molar-refractivity contribution in [1.82, 2.24) is 0 Å². The lowest BCUT2D eigenvalue weighted by molar-refractivity contribution is 0.0893. The van der Waals surface area contributed by atoms with E-state index in [1.807, 2.05) is 18.2 Å². The molecule has 0 fully saturated rings. The van der Waals surface area contributed by atoms with E-state index in [1.54, 1.807) is 18.2 Å². The number of ether oxygens (including phenoxy) is 2. The summed E-state index contributed by atoms with van der Waals surface area (Å²) in [7, 11) is 2.85. The molecule has 0 bridgehead atoms. The Balaban J connectivity index is 1.99. The first-order chi connectivity index (χ1) is 15.6. The fourth-order valence-electron chi connectivity index (χ4n) is 4.00. The van der Waals surface area contributed by atoms with Crippen LogP contribution in [0.25, 0.3) is 10.8 Å². The van der Waals surface area contributed by atoms with Gasteiger partial charge in [-0.05, 0) is 42.6 Å². The number of nitrogens with two attached hydrogens (primary N) is 1. The molecule has 162 valence electrons. The molecule has 8 heteroatoms. The number of amides is 2. The summed E-state index contributed by atoms with van der Waals surface area (Å²) in [5.41, 5.74) is 7.12. The summed E-state index contributed by atoms with van der Waals surface area (Å²) in [6.07, 6.45) is 0.720. The Hall–Kier alpha value is -4.09. The smallest absolute Gasteiger partial charge is 0.268 e. The third-order valence-corrected chi connectivity index (χ3v) is 5.46. The van der Waals surface area contributed by atoms with Gasteiger partial charge in [0.15, 0.2) is 11.5 Å². The van der Waals surface area contributed by atoms with E-state index < -0.39 is 11.8 Å². The van der Waals surface area contributed by atoms with Gasteiger partial charge in [0.1, 0.15) is 11.8 Å². The van der Waals surface area contributed by atoms with Crippen LogP contribution >= 0.6 is 0 Å². The number of carbonyl (C=O) groups excluding carboxylic acids is 2. The van der Waals surface area contributed by atoms with Gasteiger partial charge in [-0.15, -0.1) is 0 Å². The number of nitrogens with zero attached hydrogens (tertiary/aromatic N) is 2. The summed E-state index contributed by atoms with van der Waals surface area (Å²) < 4.78 is 10.8. The van der Waals surface area contributed by atoms with Crippen molar-refractivity contribution in [2.24, 2.45) is 5.73 Å². The molecule has 0 atom stereocenters. The van der Waals surface area contributed by atoms with Crippen LogP contribution in [-0.4, -0.2) is 39.1 Å². The zero-order valence-electron chi connectivity index (χ0n) is 17.8. The van der Waals surface area contributed by atoms with E-state index in [1.165, 1.54) is 20.3 Å². The number of methoxy groups -OCH3 is 2. The Morgan fingerprint density at radius 2 is 1.88 bits per heavy atom. The average Bonchev–Trinajstić information content (AvgIpc) is 2.82. The number of hydrogen-bond donors (Lipinski definition) is 2. The molecule has 3 aromatic rings. The van der Waals surface area contributed by atoms with E-state index in [2.05, 4.69) is 11.4 Å². The highest BCUT2D eigenvalue weighted by Gasteiger charge is 2.39. The molecule has 2 amide bonds. The van der Waals surface area contributed by atoms with Gasteiger partial charge >= 0.3 is 0 Å². The second-order valence-corrected chi connectivity index (χ2v) is 7.22. The van der Waals surface area contributed by atoms with Crippen LogP contribution in [0.15, 0.2) is 42.5 Å². The molecule has 0 radical (unpaired) electrons. The molecule has 0 saturated heterocycles. The molecule has 0 saturated carbocycles. The summed E-state index contributed by atoms with van der Waals surface area (Å²) in [5.74, 6) is -0.634. The lowest BCUT2D eigenvalue weighted by atomic mass is 9.91. The highest BCUT2D eigenvalue weighted by Crippen LogP contribution is 2.44. The number of carbonyl (C=O) groups is 2. The zero-order chi connectivity index (χ0) is 22.8. The molecular weight excluding hydrogens is 408 g/mol. The van der Waals surface area contributed by atoms with E-state index in [9.17, 15) is 14.9 Å². The molecule has 4 rings (SSSR count). The van der Waals surface area contributed by atoms with Gasteiger partial charge < -0.3 is 20.5 Å². The molecule has 32 heavy (non-hydrogen) atoms. The molecule has 1 heterocycles. The summed E-state index contributed by atoms with van der Waals surface area (Å²) in [6, 6.07) is 14.1. The highest BCUT2D eigenvalue weighted by atomic mass is 16.5. The zero-order valence-corrected chi connectivity index (χ0v) is 17.8. The maximum atomic E-state index is 13.8. The first-order valence-corrected chi connectivity index (χ1v) is 10.1. The van der Waals surface area contributed by atoms with E-state index >= 15 is 0 Å². The minimum absolute atomic E-state index is 0.0590. The Morgan fingerprint density at radius 3 is 2.56 bits per heavy atom.